The van der Waals surface area contributed by atoms with E-state index in [1.807, 2.05) is 0 Å². The molecule has 6 nitrogen and oxygen atoms in total. The fourth-order valence-electron chi connectivity index (χ4n) is 9.59. The molecule has 0 aromatic rings. The number of rotatable bonds is 62. The number of carbonyl (C=O) groups excluding carboxylic acids is 3. The van der Waals surface area contributed by atoms with E-state index < -0.39 is 6.10 Å². The third-order valence-corrected chi connectivity index (χ3v) is 14.7. The van der Waals surface area contributed by atoms with Gasteiger partial charge in [0, 0.05) is 19.3 Å². The molecule has 81 heavy (non-hydrogen) atoms. The van der Waals surface area contributed by atoms with Crippen LogP contribution in [-0.4, -0.2) is 37.2 Å². The molecule has 0 saturated heterocycles. The van der Waals surface area contributed by atoms with Crippen LogP contribution < -0.4 is 0 Å². The van der Waals surface area contributed by atoms with Crippen molar-refractivity contribution in [3.8, 4) is 0 Å². The quantitative estimate of drug-likeness (QED) is 0.0261. The van der Waals surface area contributed by atoms with Crippen LogP contribution in [0.4, 0.5) is 0 Å². The molecule has 0 aromatic carbocycles. The number of hydrogen-bond donors (Lipinski definition) is 0. The third kappa shape index (κ3) is 66.8. The maximum absolute atomic E-state index is 12.9. The van der Waals surface area contributed by atoms with E-state index in [1.54, 1.807) is 0 Å². The first kappa shape index (κ1) is 77.1. The molecule has 0 heterocycles. The van der Waals surface area contributed by atoms with E-state index in [0.717, 1.165) is 109 Å². The molecule has 6 heteroatoms. The van der Waals surface area contributed by atoms with Crippen molar-refractivity contribution in [2.24, 2.45) is 0 Å². The van der Waals surface area contributed by atoms with Crippen LogP contribution in [0, 0.1) is 0 Å². The van der Waals surface area contributed by atoms with E-state index in [0.29, 0.717) is 19.3 Å². The average Bonchev–Trinajstić information content (AvgIpc) is 3.46. The van der Waals surface area contributed by atoms with Crippen molar-refractivity contribution in [2.45, 2.75) is 335 Å². The minimum atomic E-state index is -0.786. The second-order valence-corrected chi connectivity index (χ2v) is 22.7. The molecular formula is C75H128O6. The van der Waals surface area contributed by atoms with Gasteiger partial charge in [-0.25, -0.2) is 0 Å². The molecule has 0 rings (SSSR count). The molecule has 1 unspecified atom stereocenters. The third-order valence-electron chi connectivity index (χ3n) is 14.7. The number of esters is 3. The summed E-state index contributed by atoms with van der Waals surface area (Å²) in [6.07, 6.45) is 93.9. The first-order valence-corrected chi connectivity index (χ1v) is 34.4. The Morgan fingerprint density at radius 2 is 0.481 bits per heavy atom. The van der Waals surface area contributed by atoms with Crippen LogP contribution in [0.15, 0.2) is 109 Å². The van der Waals surface area contributed by atoms with Gasteiger partial charge in [0.15, 0.2) is 6.10 Å². The molecule has 0 aliphatic carbocycles. The van der Waals surface area contributed by atoms with Crippen molar-refractivity contribution in [2.75, 3.05) is 13.2 Å². The number of unbranched alkanes of at least 4 members (excludes halogenated alkanes) is 33. The molecule has 0 radical (unpaired) electrons. The van der Waals surface area contributed by atoms with Gasteiger partial charge in [0.25, 0.3) is 0 Å². The highest BCUT2D eigenvalue weighted by atomic mass is 16.6. The zero-order valence-electron chi connectivity index (χ0n) is 53.3. The van der Waals surface area contributed by atoms with Crippen LogP contribution in [0.3, 0.4) is 0 Å². The second-order valence-electron chi connectivity index (χ2n) is 22.7. The smallest absolute Gasteiger partial charge is 0.306 e. The Morgan fingerprint density at radius 1 is 0.259 bits per heavy atom. The van der Waals surface area contributed by atoms with E-state index in [-0.39, 0.29) is 31.1 Å². The van der Waals surface area contributed by atoms with Gasteiger partial charge in [0.2, 0.25) is 0 Å². The SMILES string of the molecule is CC/C=C\C/C=C\C/C=C\C/C=C\C/C=C\C/C=C\CCCCCCCCCCCCCCC(=O)OCC(COC(=O)CCCCCCC/C=C\CCCCCC)OC(=O)CCCCCCCCCCC/C=C\C/C=C\CCCCC. The lowest BCUT2D eigenvalue weighted by atomic mass is 10.0. The highest BCUT2D eigenvalue weighted by Crippen LogP contribution is 2.16. The lowest BCUT2D eigenvalue weighted by Gasteiger charge is -2.18. The van der Waals surface area contributed by atoms with Gasteiger partial charge in [-0.2, -0.15) is 0 Å². The first-order valence-electron chi connectivity index (χ1n) is 34.4. The summed E-state index contributed by atoms with van der Waals surface area (Å²) in [5, 5.41) is 0. The Bertz CT molecular complexity index is 1620. The van der Waals surface area contributed by atoms with Crippen LogP contribution in [0.2, 0.25) is 0 Å². The van der Waals surface area contributed by atoms with Crippen molar-refractivity contribution in [1.82, 2.24) is 0 Å². The van der Waals surface area contributed by atoms with E-state index in [2.05, 4.69) is 130 Å². The lowest BCUT2D eigenvalue weighted by Crippen LogP contribution is -2.30. The monoisotopic (exact) mass is 1120 g/mol. The van der Waals surface area contributed by atoms with Crippen LogP contribution in [0.5, 0.6) is 0 Å². The van der Waals surface area contributed by atoms with Crippen molar-refractivity contribution in [3.63, 3.8) is 0 Å². The van der Waals surface area contributed by atoms with E-state index in [1.165, 1.54) is 180 Å². The standard InChI is InChI=1S/C75H128O6/c1-4-7-10-13-16-19-22-25-27-29-31-32-33-34-35-36-37-38-39-40-41-42-44-45-47-50-53-56-59-62-65-68-74(77)80-71-72(70-79-73(76)67-64-61-58-55-52-49-24-21-18-15-12-9-6-3)81-75(78)69-66-63-60-57-54-51-48-46-43-30-28-26-23-20-17-14-11-8-5-2/h7,10,16-17,19-21,24-28,31-32,34-35,37-38,72H,4-6,8-9,11-15,18,22-23,29-30,33,36,39-71H2,1-3H3/b10-7-,19-16-,20-17-,24-21-,27-25-,28-26-,32-31-,35-34-,38-37-. The maximum Gasteiger partial charge on any atom is 0.306 e. The number of carbonyl (C=O) groups is 3. The summed E-state index contributed by atoms with van der Waals surface area (Å²) in [5.74, 6) is -0.885. The Kier molecular flexibility index (Phi) is 65.2. The molecule has 0 aliphatic rings. The Labute approximate surface area is 501 Å². The van der Waals surface area contributed by atoms with E-state index in [9.17, 15) is 14.4 Å². The zero-order valence-corrected chi connectivity index (χ0v) is 53.3. The summed E-state index contributed by atoms with van der Waals surface area (Å²) < 4.78 is 17.0. The molecular weight excluding hydrogens is 997 g/mol. The molecule has 464 valence electrons. The van der Waals surface area contributed by atoms with Crippen LogP contribution in [-0.2, 0) is 28.6 Å². The topological polar surface area (TPSA) is 78.9 Å². The Morgan fingerprint density at radius 3 is 0.790 bits per heavy atom. The van der Waals surface area contributed by atoms with Crippen LogP contribution in [0.1, 0.15) is 329 Å². The minimum Gasteiger partial charge on any atom is -0.462 e. The van der Waals surface area contributed by atoms with Gasteiger partial charge in [-0.15, -0.1) is 0 Å². The van der Waals surface area contributed by atoms with Crippen molar-refractivity contribution < 1.29 is 28.6 Å². The summed E-state index contributed by atoms with van der Waals surface area (Å²) in [6, 6.07) is 0. The molecule has 0 aliphatic heterocycles. The van der Waals surface area contributed by atoms with E-state index >= 15 is 0 Å². The average molecular weight is 1130 g/mol. The second kappa shape index (κ2) is 68.6. The summed E-state index contributed by atoms with van der Waals surface area (Å²) in [7, 11) is 0. The van der Waals surface area contributed by atoms with Crippen LogP contribution >= 0.6 is 0 Å². The molecule has 0 aromatic heterocycles. The number of ether oxygens (including phenoxy) is 3. The van der Waals surface area contributed by atoms with Gasteiger partial charge < -0.3 is 14.2 Å². The normalized spacial score (nSPS) is 12.8. The zero-order chi connectivity index (χ0) is 58.5. The predicted molar refractivity (Wildman–Crippen MR) is 353 cm³/mol. The fraction of sp³-hybridized carbons (Fsp3) is 0.720. The highest BCUT2D eigenvalue weighted by Gasteiger charge is 2.19. The molecule has 1 atom stereocenters. The minimum absolute atomic E-state index is 0.0820. The molecule has 0 saturated carbocycles. The Hall–Kier alpha value is -3.93. The predicted octanol–water partition coefficient (Wildman–Crippen LogP) is 23.8. The Balaban J connectivity index is 4.26. The van der Waals surface area contributed by atoms with Gasteiger partial charge >= 0.3 is 17.9 Å². The fourth-order valence-corrected chi connectivity index (χ4v) is 9.59. The largest absolute Gasteiger partial charge is 0.462 e. The summed E-state index contributed by atoms with van der Waals surface area (Å²) in [4.78, 5) is 38.4. The highest BCUT2D eigenvalue weighted by molar-refractivity contribution is 5.71. The van der Waals surface area contributed by atoms with Crippen molar-refractivity contribution in [1.29, 1.82) is 0 Å². The number of hydrogen-bond acceptors (Lipinski definition) is 6. The summed E-state index contributed by atoms with van der Waals surface area (Å²) in [6.45, 7) is 6.50. The first-order chi connectivity index (χ1) is 40.0. The van der Waals surface area contributed by atoms with Gasteiger partial charge in [0.1, 0.15) is 13.2 Å². The molecule has 0 fully saturated rings. The van der Waals surface area contributed by atoms with Crippen LogP contribution in [0.25, 0.3) is 0 Å². The molecule has 0 spiro atoms. The van der Waals surface area contributed by atoms with Gasteiger partial charge in [-0.1, -0.05) is 291 Å². The summed E-state index contributed by atoms with van der Waals surface area (Å²) >= 11 is 0. The van der Waals surface area contributed by atoms with Crippen molar-refractivity contribution in [3.05, 3.63) is 109 Å². The molecule has 0 amide bonds. The summed E-state index contributed by atoms with van der Waals surface area (Å²) in [5.41, 5.74) is 0. The van der Waals surface area contributed by atoms with Crippen molar-refractivity contribution >= 4 is 17.9 Å². The maximum atomic E-state index is 12.9. The molecule has 0 bridgehead atoms. The van der Waals surface area contributed by atoms with Gasteiger partial charge in [-0.05, 0) is 128 Å². The van der Waals surface area contributed by atoms with Gasteiger partial charge in [0.05, 0.1) is 0 Å². The van der Waals surface area contributed by atoms with Gasteiger partial charge in [-0.3, -0.25) is 14.4 Å². The number of allylic oxidation sites excluding steroid dienone is 18. The van der Waals surface area contributed by atoms with E-state index in [4.69, 9.17) is 14.2 Å². The molecule has 0 N–H and O–H groups in total. The lowest BCUT2D eigenvalue weighted by molar-refractivity contribution is -0.167.